The summed E-state index contributed by atoms with van der Waals surface area (Å²) < 4.78 is 5.22. The zero-order valence-corrected chi connectivity index (χ0v) is 10.9. The summed E-state index contributed by atoms with van der Waals surface area (Å²) in [6, 6.07) is -0.115. The summed E-state index contributed by atoms with van der Waals surface area (Å²) in [4.78, 5) is 4.41. The molecule has 5 heteroatoms. The molecule has 1 saturated carbocycles. The molecular weight excluding hydrogens is 222 g/mol. The molecule has 1 aromatic heterocycles. The van der Waals surface area contributed by atoms with Gasteiger partial charge in [0.15, 0.2) is 5.82 Å². The second kappa shape index (κ2) is 4.37. The monoisotopic (exact) mass is 241 g/mol. The van der Waals surface area contributed by atoms with Gasteiger partial charge in [0.1, 0.15) is 0 Å². The van der Waals surface area contributed by atoms with Crippen molar-refractivity contribution < 1.29 is 4.52 Å². The molecule has 16 heavy (non-hydrogen) atoms. The van der Waals surface area contributed by atoms with Crippen LogP contribution in [-0.4, -0.2) is 22.1 Å². The van der Waals surface area contributed by atoms with Gasteiger partial charge in [0.25, 0.3) is 0 Å². The molecule has 90 valence electrons. The molecule has 1 aliphatic rings. The molecule has 0 bridgehead atoms. The summed E-state index contributed by atoms with van der Waals surface area (Å²) in [5.74, 6) is 2.90. The maximum absolute atomic E-state index is 5.97. The fourth-order valence-corrected chi connectivity index (χ4v) is 2.31. The molecule has 0 saturated heterocycles. The van der Waals surface area contributed by atoms with Gasteiger partial charge in [-0.25, -0.2) is 0 Å². The Balaban J connectivity index is 1.97. The lowest BCUT2D eigenvalue weighted by molar-refractivity contribution is 0.348. The van der Waals surface area contributed by atoms with Crippen LogP contribution < -0.4 is 5.73 Å². The van der Waals surface area contributed by atoms with Crippen LogP contribution in [0.4, 0.5) is 0 Å². The highest BCUT2D eigenvalue weighted by Crippen LogP contribution is 2.57. The minimum atomic E-state index is -0.115. The minimum Gasteiger partial charge on any atom is -0.338 e. The normalized spacial score (nSPS) is 24.4. The first-order valence-electron chi connectivity index (χ1n) is 5.62. The molecule has 1 fully saturated rings. The lowest BCUT2D eigenvalue weighted by atomic mass is 10.1. The average Bonchev–Trinajstić information content (AvgIpc) is 2.67. The Morgan fingerprint density at radius 3 is 2.88 bits per heavy atom. The first-order chi connectivity index (χ1) is 7.54. The number of aromatic nitrogens is 2. The molecule has 1 aromatic rings. The van der Waals surface area contributed by atoms with Gasteiger partial charge in [0.2, 0.25) is 5.89 Å². The SMILES string of the molecule is CSCC[C@@H](N)c1nc(C2CC2(C)C)no1. The second-order valence-electron chi connectivity index (χ2n) is 5.12. The van der Waals surface area contributed by atoms with E-state index in [1.165, 1.54) is 0 Å². The van der Waals surface area contributed by atoms with E-state index in [1.807, 2.05) is 0 Å². The van der Waals surface area contributed by atoms with E-state index < -0.39 is 0 Å². The first-order valence-corrected chi connectivity index (χ1v) is 7.02. The highest BCUT2D eigenvalue weighted by Gasteiger charge is 2.49. The predicted octanol–water partition coefficient (Wildman–Crippen LogP) is 2.34. The fourth-order valence-electron chi connectivity index (χ4n) is 1.82. The van der Waals surface area contributed by atoms with Crippen LogP contribution in [0.5, 0.6) is 0 Å². The lowest BCUT2D eigenvalue weighted by Gasteiger charge is -2.03. The number of thioether (sulfide) groups is 1. The van der Waals surface area contributed by atoms with Crippen molar-refractivity contribution in [3.05, 3.63) is 11.7 Å². The van der Waals surface area contributed by atoms with E-state index in [4.69, 9.17) is 10.3 Å². The smallest absolute Gasteiger partial charge is 0.243 e. The molecule has 0 amide bonds. The largest absolute Gasteiger partial charge is 0.338 e. The molecule has 0 spiro atoms. The van der Waals surface area contributed by atoms with Gasteiger partial charge in [-0.15, -0.1) is 0 Å². The van der Waals surface area contributed by atoms with E-state index in [9.17, 15) is 0 Å². The third-order valence-electron chi connectivity index (χ3n) is 3.23. The van der Waals surface area contributed by atoms with Crippen LogP contribution in [0.1, 0.15) is 50.4 Å². The maximum Gasteiger partial charge on any atom is 0.243 e. The van der Waals surface area contributed by atoms with Crippen LogP contribution in [-0.2, 0) is 0 Å². The quantitative estimate of drug-likeness (QED) is 0.857. The molecule has 2 rings (SSSR count). The molecule has 0 aromatic carbocycles. The van der Waals surface area contributed by atoms with E-state index in [-0.39, 0.29) is 6.04 Å². The van der Waals surface area contributed by atoms with Crippen molar-refractivity contribution in [2.45, 2.75) is 38.6 Å². The van der Waals surface area contributed by atoms with Crippen LogP contribution >= 0.6 is 11.8 Å². The Kier molecular flexibility index (Phi) is 3.26. The number of nitrogens with zero attached hydrogens (tertiary/aromatic N) is 2. The Morgan fingerprint density at radius 1 is 1.62 bits per heavy atom. The molecule has 4 nitrogen and oxygen atoms in total. The summed E-state index contributed by atoms with van der Waals surface area (Å²) in [5.41, 5.74) is 6.31. The molecule has 0 aliphatic heterocycles. The van der Waals surface area contributed by atoms with Gasteiger partial charge >= 0.3 is 0 Å². The number of rotatable bonds is 5. The molecule has 2 N–H and O–H groups in total. The Morgan fingerprint density at radius 2 is 2.31 bits per heavy atom. The first kappa shape index (κ1) is 11.9. The third-order valence-corrected chi connectivity index (χ3v) is 3.88. The molecule has 2 atom stereocenters. The molecular formula is C11H19N3OS. The van der Waals surface area contributed by atoms with Crippen LogP contribution in [0.15, 0.2) is 4.52 Å². The second-order valence-corrected chi connectivity index (χ2v) is 6.11. The maximum atomic E-state index is 5.97. The van der Waals surface area contributed by atoms with Crippen molar-refractivity contribution in [3.8, 4) is 0 Å². The summed E-state index contributed by atoms with van der Waals surface area (Å²) in [6.07, 6.45) is 4.10. The average molecular weight is 241 g/mol. The van der Waals surface area contributed by atoms with Crippen molar-refractivity contribution in [1.82, 2.24) is 10.1 Å². The van der Waals surface area contributed by atoms with E-state index in [2.05, 4.69) is 30.2 Å². The summed E-state index contributed by atoms with van der Waals surface area (Å²) in [6.45, 7) is 4.45. The van der Waals surface area contributed by atoms with E-state index >= 15 is 0 Å². The lowest BCUT2D eigenvalue weighted by Crippen LogP contribution is -2.11. The predicted molar refractivity (Wildman–Crippen MR) is 65.4 cm³/mol. The topological polar surface area (TPSA) is 64.9 Å². The third kappa shape index (κ3) is 2.40. The Labute approximate surface area is 100 Å². The summed E-state index contributed by atoms with van der Waals surface area (Å²) in [7, 11) is 0. The van der Waals surface area contributed by atoms with Gasteiger partial charge in [0, 0.05) is 5.92 Å². The van der Waals surface area contributed by atoms with Gasteiger partial charge in [-0.2, -0.15) is 16.7 Å². The standard InChI is InChI=1S/C11H19N3OS/c1-11(2)6-7(11)9-13-10(15-14-9)8(12)4-5-16-3/h7-8H,4-6,12H2,1-3H3/t7?,8-/m1/s1. The minimum absolute atomic E-state index is 0.115. The molecule has 1 heterocycles. The highest BCUT2D eigenvalue weighted by molar-refractivity contribution is 7.98. The van der Waals surface area contributed by atoms with E-state index in [0.717, 1.165) is 24.4 Å². The van der Waals surface area contributed by atoms with Crippen LogP contribution in [0.3, 0.4) is 0 Å². The van der Waals surface area contributed by atoms with Gasteiger partial charge < -0.3 is 10.3 Å². The number of hydrogen-bond acceptors (Lipinski definition) is 5. The zero-order valence-electron chi connectivity index (χ0n) is 10.1. The molecule has 1 aliphatic carbocycles. The van der Waals surface area contributed by atoms with Crippen molar-refractivity contribution in [1.29, 1.82) is 0 Å². The van der Waals surface area contributed by atoms with Gasteiger partial charge in [-0.05, 0) is 30.3 Å². The van der Waals surface area contributed by atoms with Gasteiger partial charge in [-0.3, -0.25) is 0 Å². The van der Waals surface area contributed by atoms with Crippen molar-refractivity contribution in [2.75, 3.05) is 12.0 Å². The van der Waals surface area contributed by atoms with Gasteiger partial charge in [0.05, 0.1) is 6.04 Å². The van der Waals surface area contributed by atoms with Crippen molar-refractivity contribution >= 4 is 11.8 Å². The van der Waals surface area contributed by atoms with Crippen LogP contribution in [0.25, 0.3) is 0 Å². The highest BCUT2D eigenvalue weighted by atomic mass is 32.2. The Bertz CT molecular complexity index is 364. The summed E-state index contributed by atoms with van der Waals surface area (Å²) >= 11 is 1.78. The molecule has 0 radical (unpaired) electrons. The zero-order chi connectivity index (χ0) is 11.8. The number of hydrogen-bond donors (Lipinski definition) is 1. The van der Waals surface area contributed by atoms with Crippen LogP contribution in [0, 0.1) is 5.41 Å². The van der Waals surface area contributed by atoms with Crippen LogP contribution in [0.2, 0.25) is 0 Å². The summed E-state index contributed by atoms with van der Waals surface area (Å²) in [5, 5.41) is 4.03. The van der Waals surface area contributed by atoms with Crippen molar-refractivity contribution in [3.63, 3.8) is 0 Å². The number of nitrogens with two attached hydrogens (primary N) is 1. The van der Waals surface area contributed by atoms with Gasteiger partial charge in [-0.1, -0.05) is 19.0 Å². The van der Waals surface area contributed by atoms with E-state index in [1.54, 1.807) is 11.8 Å². The fraction of sp³-hybridized carbons (Fsp3) is 0.818. The molecule has 1 unspecified atom stereocenters. The van der Waals surface area contributed by atoms with E-state index in [0.29, 0.717) is 17.2 Å². The van der Waals surface area contributed by atoms with Crippen molar-refractivity contribution in [2.24, 2.45) is 11.1 Å². The Hall–Kier alpha value is -0.550.